The SMILES string of the molecule is C[Si](C)(CCCOCC(O)O)O[Si](C)(C)CCCOCC(O)O. The zero-order chi connectivity index (χ0) is 17.9. The molecule has 0 rings (SSSR count). The van der Waals surface area contributed by atoms with Gasteiger partial charge in [-0.15, -0.1) is 0 Å². The van der Waals surface area contributed by atoms with Gasteiger partial charge in [-0.1, -0.05) is 0 Å². The summed E-state index contributed by atoms with van der Waals surface area (Å²) in [6.45, 7) is 9.70. The van der Waals surface area contributed by atoms with Crippen molar-refractivity contribution in [2.45, 2.75) is 63.7 Å². The molecule has 0 fully saturated rings. The fourth-order valence-corrected chi connectivity index (χ4v) is 11.2. The maximum atomic E-state index is 8.70. The standard InChI is InChI=1S/C14H34O7Si2/c1-22(2,9-5-7-19-11-13(15)16)21-23(3,4)10-6-8-20-12-14(17)18/h13-18H,5-12H2,1-4H3. The van der Waals surface area contributed by atoms with E-state index in [1.54, 1.807) is 0 Å². The number of aliphatic hydroxyl groups excluding tert-OH is 2. The van der Waals surface area contributed by atoms with E-state index in [4.69, 9.17) is 34.0 Å². The molecule has 23 heavy (non-hydrogen) atoms. The third-order valence-corrected chi connectivity index (χ3v) is 10.8. The van der Waals surface area contributed by atoms with E-state index in [1.165, 1.54) is 0 Å². The van der Waals surface area contributed by atoms with Crippen molar-refractivity contribution >= 4 is 16.6 Å². The molecule has 0 unspecified atom stereocenters. The Bertz CT molecular complexity index is 271. The van der Waals surface area contributed by atoms with E-state index in [0.717, 1.165) is 24.9 Å². The molecule has 0 aromatic heterocycles. The summed E-state index contributed by atoms with van der Waals surface area (Å²) in [7, 11) is -3.53. The van der Waals surface area contributed by atoms with Crippen LogP contribution in [0.5, 0.6) is 0 Å². The first-order valence-corrected chi connectivity index (χ1v) is 14.4. The van der Waals surface area contributed by atoms with Gasteiger partial charge in [0.1, 0.15) is 0 Å². The second-order valence-corrected chi connectivity index (χ2v) is 15.8. The summed E-state index contributed by atoms with van der Waals surface area (Å²) < 4.78 is 16.8. The molecule has 0 heterocycles. The van der Waals surface area contributed by atoms with Gasteiger partial charge in [0.15, 0.2) is 29.2 Å². The smallest absolute Gasteiger partial charge is 0.175 e. The van der Waals surface area contributed by atoms with Crippen molar-refractivity contribution in [3.05, 3.63) is 0 Å². The fraction of sp³-hybridized carbons (Fsp3) is 1.00. The van der Waals surface area contributed by atoms with Crippen molar-refractivity contribution in [3.8, 4) is 0 Å². The summed E-state index contributed by atoms with van der Waals surface area (Å²) in [5.74, 6) is 0. The van der Waals surface area contributed by atoms with Gasteiger partial charge in [0.05, 0.1) is 13.2 Å². The van der Waals surface area contributed by atoms with Gasteiger partial charge in [-0.3, -0.25) is 0 Å². The molecular formula is C14H34O7Si2. The Balaban J connectivity index is 3.90. The predicted octanol–water partition coefficient (Wildman–Crippen LogP) is 0.848. The second-order valence-electron chi connectivity index (χ2n) is 6.94. The van der Waals surface area contributed by atoms with Crippen LogP contribution in [0.2, 0.25) is 38.3 Å². The maximum Gasteiger partial charge on any atom is 0.175 e. The van der Waals surface area contributed by atoms with Crippen molar-refractivity contribution in [3.63, 3.8) is 0 Å². The lowest BCUT2D eigenvalue weighted by molar-refractivity contribution is -0.0947. The summed E-state index contributed by atoms with van der Waals surface area (Å²) in [5.41, 5.74) is 0. The molecule has 0 radical (unpaired) electrons. The minimum absolute atomic E-state index is 0.0500. The number of rotatable bonds is 14. The van der Waals surface area contributed by atoms with Crippen LogP contribution < -0.4 is 0 Å². The van der Waals surface area contributed by atoms with Gasteiger partial charge < -0.3 is 34.0 Å². The summed E-state index contributed by atoms with van der Waals surface area (Å²) in [4.78, 5) is 0. The molecule has 140 valence electrons. The van der Waals surface area contributed by atoms with Gasteiger partial charge in [0.2, 0.25) is 0 Å². The Morgan fingerprint density at radius 2 is 1.04 bits per heavy atom. The topological polar surface area (TPSA) is 109 Å². The highest BCUT2D eigenvalue weighted by Crippen LogP contribution is 2.23. The van der Waals surface area contributed by atoms with Gasteiger partial charge in [-0.2, -0.15) is 0 Å². The van der Waals surface area contributed by atoms with Crippen molar-refractivity contribution < 1.29 is 34.0 Å². The van der Waals surface area contributed by atoms with Gasteiger partial charge in [0, 0.05) is 13.2 Å². The minimum atomic E-state index is -1.77. The quantitative estimate of drug-likeness (QED) is 0.204. The molecule has 4 N–H and O–H groups in total. The normalized spacial score (nSPS) is 13.3. The lowest BCUT2D eigenvalue weighted by atomic mass is 10.5. The van der Waals surface area contributed by atoms with Crippen LogP contribution in [-0.4, -0.2) is 76.1 Å². The van der Waals surface area contributed by atoms with Crippen LogP contribution in [0, 0.1) is 0 Å². The van der Waals surface area contributed by atoms with Gasteiger partial charge in [-0.05, 0) is 51.1 Å². The maximum absolute atomic E-state index is 8.70. The van der Waals surface area contributed by atoms with E-state index >= 15 is 0 Å². The van der Waals surface area contributed by atoms with E-state index in [0.29, 0.717) is 13.2 Å². The van der Waals surface area contributed by atoms with Crippen LogP contribution in [0.1, 0.15) is 12.8 Å². The lowest BCUT2D eigenvalue weighted by Gasteiger charge is -2.34. The molecule has 0 atom stereocenters. The van der Waals surface area contributed by atoms with Crippen molar-refractivity contribution in [2.24, 2.45) is 0 Å². The lowest BCUT2D eigenvalue weighted by Crippen LogP contribution is -2.44. The van der Waals surface area contributed by atoms with E-state index in [1.807, 2.05) is 0 Å². The highest BCUT2D eigenvalue weighted by molar-refractivity contribution is 6.84. The van der Waals surface area contributed by atoms with Crippen LogP contribution in [-0.2, 0) is 13.6 Å². The summed E-state index contributed by atoms with van der Waals surface area (Å²) in [6.07, 6.45) is -1.10. The predicted molar refractivity (Wildman–Crippen MR) is 93.0 cm³/mol. The Morgan fingerprint density at radius 3 is 1.35 bits per heavy atom. The minimum Gasteiger partial charge on any atom is -0.455 e. The average Bonchev–Trinajstić information content (AvgIpc) is 2.35. The molecule has 0 bridgehead atoms. The Hall–Kier alpha value is 0.154. The number of hydrogen-bond donors (Lipinski definition) is 4. The molecule has 7 nitrogen and oxygen atoms in total. The van der Waals surface area contributed by atoms with Gasteiger partial charge in [0.25, 0.3) is 0 Å². The average molecular weight is 371 g/mol. The molecule has 0 saturated carbocycles. The molecule has 0 aromatic rings. The molecule has 0 amide bonds. The highest BCUT2D eigenvalue weighted by Gasteiger charge is 2.32. The van der Waals surface area contributed by atoms with Crippen LogP contribution in [0.4, 0.5) is 0 Å². The number of hydrogen-bond acceptors (Lipinski definition) is 7. The zero-order valence-corrected chi connectivity index (χ0v) is 16.8. The fourth-order valence-electron chi connectivity index (χ4n) is 2.43. The highest BCUT2D eigenvalue weighted by atomic mass is 28.4. The molecule has 0 aliphatic rings. The Labute approximate surface area is 141 Å². The summed E-state index contributed by atoms with van der Waals surface area (Å²) in [5, 5.41) is 34.8. The Morgan fingerprint density at radius 1 is 0.696 bits per heavy atom. The van der Waals surface area contributed by atoms with Crippen LogP contribution >= 0.6 is 0 Å². The molecule has 0 aromatic carbocycles. The monoisotopic (exact) mass is 370 g/mol. The molecule has 0 saturated heterocycles. The molecule has 9 heteroatoms. The molecule has 0 spiro atoms. The van der Waals surface area contributed by atoms with Crippen molar-refractivity contribution in [1.29, 1.82) is 0 Å². The molecule has 0 aliphatic carbocycles. The van der Waals surface area contributed by atoms with E-state index in [2.05, 4.69) is 26.2 Å². The third-order valence-electron chi connectivity index (χ3n) is 3.22. The summed E-state index contributed by atoms with van der Waals surface area (Å²) in [6, 6.07) is 1.94. The molecular weight excluding hydrogens is 336 g/mol. The van der Waals surface area contributed by atoms with Gasteiger partial charge in [-0.25, -0.2) is 0 Å². The van der Waals surface area contributed by atoms with E-state index < -0.39 is 29.2 Å². The second kappa shape index (κ2) is 11.7. The zero-order valence-electron chi connectivity index (χ0n) is 14.8. The van der Waals surface area contributed by atoms with Gasteiger partial charge >= 0.3 is 0 Å². The van der Waals surface area contributed by atoms with E-state index in [-0.39, 0.29) is 13.2 Å². The number of ether oxygens (including phenoxy) is 2. The Kier molecular flexibility index (Phi) is 11.7. The van der Waals surface area contributed by atoms with Crippen molar-refractivity contribution in [1.82, 2.24) is 0 Å². The molecule has 0 aliphatic heterocycles. The van der Waals surface area contributed by atoms with Crippen LogP contribution in [0.25, 0.3) is 0 Å². The van der Waals surface area contributed by atoms with E-state index in [9.17, 15) is 0 Å². The summed E-state index contributed by atoms with van der Waals surface area (Å²) >= 11 is 0. The first-order valence-electron chi connectivity index (χ1n) is 8.12. The first-order chi connectivity index (χ1) is 10.5. The van der Waals surface area contributed by atoms with Crippen molar-refractivity contribution in [2.75, 3.05) is 26.4 Å². The van der Waals surface area contributed by atoms with Crippen LogP contribution in [0.3, 0.4) is 0 Å². The van der Waals surface area contributed by atoms with Crippen LogP contribution in [0.15, 0.2) is 0 Å². The third kappa shape index (κ3) is 15.4. The number of aliphatic hydroxyl groups is 4. The first kappa shape index (κ1) is 23.2. The largest absolute Gasteiger partial charge is 0.455 e.